The van der Waals surface area contributed by atoms with E-state index in [0.29, 0.717) is 31.4 Å². The smallest absolute Gasteiger partial charge is 0.319 e. The lowest BCUT2D eigenvalue weighted by molar-refractivity contribution is -0.142. The summed E-state index contributed by atoms with van der Waals surface area (Å²) in [6, 6.07) is 5.30. The maximum Gasteiger partial charge on any atom is 0.319 e. The first-order valence-corrected chi connectivity index (χ1v) is 9.54. The van der Waals surface area contributed by atoms with Gasteiger partial charge in [-0.1, -0.05) is 13.8 Å². The van der Waals surface area contributed by atoms with Crippen molar-refractivity contribution in [2.24, 2.45) is 5.92 Å². The van der Waals surface area contributed by atoms with Gasteiger partial charge in [0.2, 0.25) is 0 Å². The molecule has 1 fully saturated rings. The monoisotopic (exact) mass is 386 g/mol. The summed E-state index contributed by atoms with van der Waals surface area (Å²) in [5.41, 5.74) is 2.48. The summed E-state index contributed by atoms with van der Waals surface area (Å²) < 4.78 is 1.71. The maximum absolute atomic E-state index is 12.3. The lowest BCUT2D eigenvalue weighted by Gasteiger charge is -2.26. The zero-order valence-corrected chi connectivity index (χ0v) is 16.3. The summed E-state index contributed by atoms with van der Waals surface area (Å²) in [5, 5.41) is 26.7. The maximum atomic E-state index is 12.3. The highest BCUT2D eigenvalue weighted by molar-refractivity contribution is 5.89. The summed E-state index contributed by atoms with van der Waals surface area (Å²) in [7, 11) is 0. The molecule has 2 aromatic rings. The summed E-state index contributed by atoms with van der Waals surface area (Å²) >= 11 is 0. The molecule has 0 atom stereocenters. The molecule has 150 valence electrons. The third kappa shape index (κ3) is 4.47. The molecular weight excluding hydrogens is 360 g/mol. The molecule has 9 heteroatoms. The number of carboxylic acid groups (broad SMARTS) is 1. The molecule has 1 aliphatic rings. The van der Waals surface area contributed by atoms with Crippen LogP contribution in [0.3, 0.4) is 0 Å². The van der Waals surface area contributed by atoms with Crippen LogP contribution in [0, 0.1) is 12.8 Å². The van der Waals surface area contributed by atoms with Gasteiger partial charge in [-0.05, 0) is 66.8 Å². The van der Waals surface area contributed by atoms with Crippen LogP contribution >= 0.6 is 0 Å². The van der Waals surface area contributed by atoms with Crippen LogP contribution in [-0.2, 0) is 4.79 Å². The number of benzene rings is 1. The van der Waals surface area contributed by atoms with E-state index in [2.05, 4.69) is 26.2 Å². The van der Waals surface area contributed by atoms with Crippen LogP contribution in [0.4, 0.5) is 10.5 Å². The molecule has 1 aromatic carbocycles. The van der Waals surface area contributed by atoms with Gasteiger partial charge in [-0.15, -0.1) is 5.10 Å². The third-order valence-corrected chi connectivity index (χ3v) is 5.10. The molecule has 0 aliphatic heterocycles. The number of carboxylic acids is 1. The number of nitrogens with one attached hydrogen (secondary N) is 2. The summed E-state index contributed by atoms with van der Waals surface area (Å²) in [4.78, 5) is 23.3. The van der Waals surface area contributed by atoms with E-state index in [1.807, 2.05) is 39.0 Å². The van der Waals surface area contributed by atoms with Gasteiger partial charge in [0.25, 0.3) is 0 Å². The normalized spacial score (nSPS) is 19.4. The van der Waals surface area contributed by atoms with Crippen molar-refractivity contribution in [1.82, 2.24) is 25.5 Å². The van der Waals surface area contributed by atoms with Crippen LogP contribution in [0.1, 0.15) is 56.8 Å². The highest BCUT2D eigenvalue weighted by Gasteiger charge is 2.26. The predicted molar refractivity (Wildman–Crippen MR) is 104 cm³/mol. The molecule has 0 spiro atoms. The van der Waals surface area contributed by atoms with Gasteiger partial charge in [-0.2, -0.15) is 4.68 Å². The highest BCUT2D eigenvalue weighted by atomic mass is 16.4. The Labute approximate surface area is 163 Å². The van der Waals surface area contributed by atoms with Gasteiger partial charge in [0.1, 0.15) is 0 Å². The van der Waals surface area contributed by atoms with Crippen LogP contribution < -0.4 is 10.6 Å². The van der Waals surface area contributed by atoms with Crippen LogP contribution in [-0.4, -0.2) is 43.4 Å². The van der Waals surface area contributed by atoms with Crippen molar-refractivity contribution >= 4 is 17.7 Å². The number of aryl methyl sites for hydroxylation is 1. The number of anilines is 1. The predicted octanol–water partition coefficient (Wildman–Crippen LogP) is 2.86. The molecule has 2 amide bonds. The van der Waals surface area contributed by atoms with E-state index in [1.54, 1.807) is 4.68 Å². The van der Waals surface area contributed by atoms with E-state index >= 15 is 0 Å². The number of carbonyl (C=O) groups excluding carboxylic acids is 1. The molecular formula is C19H26N6O3. The summed E-state index contributed by atoms with van der Waals surface area (Å²) in [6.45, 7) is 6.00. The zero-order chi connectivity index (χ0) is 20.3. The second kappa shape index (κ2) is 8.37. The summed E-state index contributed by atoms with van der Waals surface area (Å²) in [6.07, 6.45) is 2.55. The average Bonchev–Trinajstić information content (AvgIpc) is 3.12. The minimum Gasteiger partial charge on any atom is -0.481 e. The molecule has 1 heterocycles. The van der Waals surface area contributed by atoms with Gasteiger partial charge >= 0.3 is 12.0 Å². The molecule has 0 bridgehead atoms. The molecule has 28 heavy (non-hydrogen) atoms. The first-order valence-electron chi connectivity index (χ1n) is 9.54. The average molecular weight is 386 g/mol. The Morgan fingerprint density at radius 2 is 1.93 bits per heavy atom. The van der Waals surface area contributed by atoms with E-state index < -0.39 is 5.97 Å². The molecule has 1 aliphatic carbocycles. The Morgan fingerprint density at radius 1 is 1.21 bits per heavy atom. The zero-order valence-electron chi connectivity index (χ0n) is 16.3. The van der Waals surface area contributed by atoms with E-state index in [1.165, 1.54) is 0 Å². The third-order valence-electron chi connectivity index (χ3n) is 5.10. The molecule has 1 saturated carbocycles. The molecule has 0 unspecified atom stereocenters. The number of rotatable bonds is 5. The lowest BCUT2D eigenvalue weighted by Crippen LogP contribution is -2.41. The Hall–Kier alpha value is -2.97. The number of hydrogen-bond acceptors (Lipinski definition) is 5. The van der Waals surface area contributed by atoms with Gasteiger partial charge in [0.05, 0.1) is 11.6 Å². The fourth-order valence-electron chi connectivity index (χ4n) is 3.53. The van der Waals surface area contributed by atoms with E-state index in [0.717, 1.165) is 17.1 Å². The van der Waals surface area contributed by atoms with Crippen molar-refractivity contribution in [2.45, 2.75) is 58.4 Å². The van der Waals surface area contributed by atoms with Gasteiger partial charge < -0.3 is 15.7 Å². The minimum absolute atomic E-state index is 0.00536. The van der Waals surface area contributed by atoms with Gasteiger partial charge in [-0.3, -0.25) is 4.79 Å². The van der Waals surface area contributed by atoms with Crippen molar-refractivity contribution in [2.75, 3.05) is 5.32 Å². The Kier molecular flexibility index (Phi) is 5.91. The number of amides is 2. The van der Waals surface area contributed by atoms with Gasteiger partial charge in [-0.25, -0.2) is 4.79 Å². The van der Waals surface area contributed by atoms with Crippen LogP contribution in [0.5, 0.6) is 0 Å². The van der Waals surface area contributed by atoms with Crippen LogP contribution in [0.15, 0.2) is 18.2 Å². The van der Waals surface area contributed by atoms with E-state index in [9.17, 15) is 9.59 Å². The molecule has 3 N–H and O–H groups in total. The topological polar surface area (TPSA) is 122 Å². The second-order valence-electron chi connectivity index (χ2n) is 7.59. The molecule has 0 saturated heterocycles. The number of urea groups is 1. The van der Waals surface area contributed by atoms with Gasteiger partial charge in [0, 0.05) is 17.6 Å². The first-order chi connectivity index (χ1) is 13.3. The molecule has 0 radical (unpaired) electrons. The number of aromatic nitrogens is 4. The van der Waals surface area contributed by atoms with E-state index in [-0.39, 0.29) is 23.9 Å². The fraction of sp³-hybridized carbons (Fsp3) is 0.526. The van der Waals surface area contributed by atoms with Crippen molar-refractivity contribution in [3.63, 3.8) is 0 Å². The highest BCUT2D eigenvalue weighted by Crippen LogP contribution is 2.25. The molecule has 3 rings (SSSR count). The van der Waals surface area contributed by atoms with Crippen LogP contribution in [0.2, 0.25) is 0 Å². The molecule has 9 nitrogen and oxygen atoms in total. The number of tetrazole rings is 1. The first kappa shape index (κ1) is 19.8. The molecule has 1 aromatic heterocycles. The number of aliphatic carboxylic acids is 1. The fourth-order valence-corrected chi connectivity index (χ4v) is 3.53. The summed E-state index contributed by atoms with van der Waals surface area (Å²) in [5.74, 6) is -0.0762. The Bertz CT molecular complexity index is 855. The largest absolute Gasteiger partial charge is 0.481 e. The Morgan fingerprint density at radius 3 is 2.54 bits per heavy atom. The lowest BCUT2D eigenvalue weighted by atomic mass is 9.86. The Balaban J connectivity index is 1.61. The van der Waals surface area contributed by atoms with Gasteiger partial charge in [0.15, 0.2) is 5.82 Å². The van der Waals surface area contributed by atoms with Crippen molar-refractivity contribution in [3.05, 3.63) is 29.6 Å². The van der Waals surface area contributed by atoms with E-state index in [4.69, 9.17) is 5.11 Å². The number of hydrogen-bond donors (Lipinski definition) is 3. The SMILES string of the molecule is Cc1cc(NC(=O)NC2CCC(C(=O)O)CC2)ccc1-n1nnnc1C(C)C. The number of carbonyl (C=O) groups is 2. The number of nitrogens with zero attached hydrogens (tertiary/aromatic N) is 4. The quantitative estimate of drug-likeness (QED) is 0.726. The van der Waals surface area contributed by atoms with Crippen molar-refractivity contribution < 1.29 is 14.7 Å². The van der Waals surface area contributed by atoms with Crippen molar-refractivity contribution in [3.8, 4) is 5.69 Å². The minimum atomic E-state index is -0.748. The van der Waals surface area contributed by atoms with Crippen LogP contribution in [0.25, 0.3) is 5.69 Å². The second-order valence-corrected chi connectivity index (χ2v) is 7.59. The standard InChI is InChI=1S/C19H26N6O3/c1-11(2)17-22-23-24-25(17)16-9-8-15(10-12(16)3)21-19(28)20-14-6-4-13(5-7-14)18(26)27/h8-11,13-14H,4-7H2,1-3H3,(H,26,27)(H2,20,21,28). The van der Waals surface area contributed by atoms with Crippen molar-refractivity contribution in [1.29, 1.82) is 0 Å².